The van der Waals surface area contributed by atoms with Gasteiger partial charge in [0.2, 0.25) is 0 Å². The summed E-state index contributed by atoms with van der Waals surface area (Å²) in [4.78, 5) is 0. The molecule has 2 aliphatic rings. The molecular formula is C24H22OS4. The highest BCUT2D eigenvalue weighted by Gasteiger charge is 2.43. The van der Waals surface area contributed by atoms with E-state index in [9.17, 15) is 5.11 Å². The van der Waals surface area contributed by atoms with E-state index in [1.165, 1.54) is 33.8 Å². The van der Waals surface area contributed by atoms with E-state index in [4.69, 9.17) is 0 Å². The molecule has 0 atom stereocenters. The van der Waals surface area contributed by atoms with Gasteiger partial charge in [0.25, 0.3) is 0 Å². The van der Waals surface area contributed by atoms with Crippen LogP contribution in [0.15, 0.2) is 78.9 Å². The summed E-state index contributed by atoms with van der Waals surface area (Å²) < 4.78 is -0.128. The third-order valence-electron chi connectivity index (χ3n) is 5.41. The number of benzene rings is 3. The molecule has 0 amide bonds. The lowest BCUT2D eigenvalue weighted by Gasteiger charge is -2.32. The van der Waals surface area contributed by atoms with Crippen molar-refractivity contribution in [1.29, 1.82) is 0 Å². The second-order valence-electron chi connectivity index (χ2n) is 7.12. The molecule has 3 aromatic rings. The van der Waals surface area contributed by atoms with Crippen LogP contribution >= 0.6 is 47.0 Å². The molecule has 5 rings (SSSR count). The first-order chi connectivity index (χ1) is 14.2. The SMILES string of the molecule is Oc1ccc(C2(c3cccc(C4(c5ccccc5)SCCS4)c3)SCCS2)cc1. The van der Waals surface area contributed by atoms with Crippen LogP contribution in [0, 0.1) is 0 Å². The van der Waals surface area contributed by atoms with E-state index in [-0.39, 0.29) is 8.16 Å². The molecule has 2 heterocycles. The van der Waals surface area contributed by atoms with Crippen LogP contribution in [-0.2, 0) is 8.16 Å². The van der Waals surface area contributed by atoms with E-state index in [0.717, 1.165) is 11.5 Å². The van der Waals surface area contributed by atoms with Crippen molar-refractivity contribution in [2.75, 3.05) is 23.0 Å². The minimum atomic E-state index is -0.102. The Kier molecular flexibility index (Phi) is 5.59. The van der Waals surface area contributed by atoms with E-state index < -0.39 is 0 Å². The van der Waals surface area contributed by atoms with E-state index in [2.05, 4.69) is 90.3 Å². The van der Waals surface area contributed by atoms with Gasteiger partial charge < -0.3 is 5.11 Å². The molecule has 3 aromatic carbocycles. The van der Waals surface area contributed by atoms with Gasteiger partial charge in [-0.05, 0) is 34.4 Å². The molecule has 2 saturated heterocycles. The second-order valence-corrected chi connectivity index (χ2v) is 12.9. The summed E-state index contributed by atoms with van der Waals surface area (Å²) in [5.41, 5.74) is 5.40. The van der Waals surface area contributed by atoms with Crippen molar-refractivity contribution in [1.82, 2.24) is 0 Å². The molecule has 0 saturated carbocycles. The quantitative estimate of drug-likeness (QED) is 0.469. The average Bonchev–Trinajstić information content (AvgIpc) is 3.47. The van der Waals surface area contributed by atoms with Crippen LogP contribution in [0.25, 0.3) is 0 Å². The van der Waals surface area contributed by atoms with Crippen molar-refractivity contribution in [3.8, 4) is 5.75 Å². The van der Waals surface area contributed by atoms with Crippen LogP contribution < -0.4 is 0 Å². The smallest absolute Gasteiger partial charge is 0.115 e. The first kappa shape index (κ1) is 19.8. The third-order valence-corrected chi connectivity index (χ3v) is 12.5. The topological polar surface area (TPSA) is 20.2 Å². The van der Waals surface area contributed by atoms with Gasteiger partial charge in [-0.15, -0.1) is 47.0 Å². The van der Waals surface area contributed by atoms with Gasteiger partial charge in [-0.25, -0.2) is 0 Å². The molecule has 1 nitrogen and oxygen atoms in total. The molecule has 0 aliphatic carbocycles. The maximum Gasteiger partial charge on any atom is 0.115 e. The van der Waals surface area contributed by atoms with Crippen LogP contribution in [0.3, 0.4) is 0 Å². The van der Waals surface area contributed by atoms with Crippen molar-refractivity contribution in [3.63, 3.8) is 0 Å². The van der Waals surface area contributed by atoms with Gasteiger partial charge in [0.1, 0.15) is 13.9 Å². The summed E-state index contributed by atoms with van der Waals surface area (Å²) in [6.45, 7) is 0. The van der Waals surface area contributed by atoms with Gasteiger partial charge in [0.05, 0.1) is 0 Å². The summed E-state index contributed by atoms with van der Waals surface area (Å²) in [6.07, 6.45) is 0. The van der Waals surface area contributed by atoms with E-state index in [1.54, 1.807) is 0 Å². The Morgan fingerprint density at radius 2 is 0.966 bits per heavy atom. The molecule has 2 aliphatic heterocycles. The van der Waals surface area contributed by atoms with Crippen molar-refractivity contribution in [2.45, 2.75) is 8.16 Å². The van der Waals surface area contributed by atoms with Crippen molar-refractivity contribution >= 4 is 47.0 Å². The summed E-state index contributed by atoms with van der Waals surface area (Å²) >= 11 is 8.15. The lowest BCUT2D eigenvalue weighted by Crippen LogP contribution is -2.20. The maximum atomic E-state index is 9.78. The Balaban J connectivity index is 1.62. The van der Waals surface area contributed by atoms with Crippen LogP contribution in [0.2, 0.25) is 0 Å². The number of hydrogen-bond acceptors (Lipinski definition) is 5. The number of thioether (sulfide) groups is 4. The zero-order valence-electron chi connectivity index (χ0n) is 15.9. The predicted octanol–water partition coefficient (Wildman–Crippen LogP) is 6.75. The maximum absolute atomic E-state index is 9.78. The highest BCUT2D eigenvalue weighted by Crippen LogP contribution is 2.59. The van der Waals surface area contributed by atoms with Gasteiger partial charge in [-0.2, -0.15) is 0 Å². The van der Waals surface area contributed by atoms with Gasteiger partial charge in [0, 0.05) is 23.0 Å². The molecule has 0 bridgehead atoms. The van der Waals surface area contributed by atoms with Gasteiger partial charge in [0.15, 0.2) is 0 Å². The zero-order chi connectivity index (χ0) is 19.7. The van der Waals surface area contributed by atoms with E-state index in [0.29, 0.717) is 5.75 Å². The first-order valence-corrected chi connectivity index (χ1v) is 13.7. The fourth-order valence-electron chi connectivity index (χ4n) is 4.09. The average molecular weight is 455 g/mol. The number of aromatic hydroxyl groups is 1. The molecule has 148 valence electrons. The Morgan fingerprint density at radius 1 is 0.517 bits per heavy atom. The largest absolute Gasteiger partial charge is 0.508 e. The summed E-state index contributed by atoms with van der Waals surface area (Å²) in [6, 6.07) is 28.0. The predicted molar refractivity (Wildman–Crippen MR) is 132 cm³/mol. The molecule has 29 heavy (non-hydrogen) atoms. The summed E-state index contributed by atoms with van der Waals surface area (Å²) in [5.74, 6) is 4.96. The molecule has 0 spiro atoms. The summed E-state index contributed by atoms with van der Waals surface area (Å²) in [7, 11) is 0. The molecule has 1 N–H and O–H groups in total. The molecule has 0 radical (unpaired) electrons. The molecule has 2 fully saturated rings. The highest BCUT2D eigenvalue weighted by molar-refractivity contribution is 8.21. The Hall–Kier alpha value is -1.14. The Bertz CT molecular complexity index is 975. The van der Waals surface area contributed by atoms with Crippen molar-refractivity contribution < 1.29 is 5.11 Å². The third kappa shape index (κ3) is 3.50. The summed E-state index contributed by atoms with van der Waals surface area (Å²) in [5, 5.41) is 9.78. The fourth-order valence-corrected chi connectivity index (χ4v) is 10.6. The molecule has 0 aromatic heterocycles. The van der Waals surface area contributed by atoms with Gasteiger partial charge in [-0.3, -0.25) is 0 Å². The normalized spacial score (nSPS) is 20.0. The lowest BCUT2D eigenvalue weighted by molar-refractivity contribution is 0.475. The van der Waals surface area contributed by atoms with Crippen molar-refractivity contribution in [2.24, 2.45) is 0 Å². The van der Waals surface area contributed by atoms with Gasteiger partial charge >= 0.3 is 0 Å². The number of rotatable bonds is 4. The highest BCUT2D eigenvalue weighted by atomic mass is 32.2. The van der Waals surface area contributed by atoms with Crippen LogP contribution in [0.1, 0.15) is 22.3 Å². The van der Waals surface area contributed by atoms with E-state index in [1.807, 2.05) is 35.7 Å². The number of phenols is 1. The van der Waals surface area contributed by atoms with E-state index >= 15 is 0 Å². The van der Waals surface area contributed by atoms with Crippen molar-refractivity contribution in [3.05, 3.63) is 101 Å². The van der Waals surface area contributed by atoms with Crippen LogP contribution in [0.4, 0.5) is 0 Å². The monoisotopic (exact) mass is 454 g/mol. The molecule has 0 unspecified atom stereocenters. The Labute approximate surface area is 189 Å². The lowest BCUT2D eigenvalue weighted by atomic mass is 9.97. The first-order valence-electron chi connectivity index (χ1n) is 9.75. The number of phenolic OH excluding ortho intramolecular Hbond substituents is 1. The Morgan fingerprint density at radius 3 is 1.48 bits per heavy atom. The minimum absolute atomic E-state index is 0.0264. The fraction of sp³-hybridized carbons (Fsp3) is 0.250. The number of hydrogen-bond donors (Lipinski definition) is 1. The zero-order valence-corrected chi connectivity index (χ0v) is 19.2. The van der Waals surface area contributed by atoms with Crippen LogP contribution in [-0.4, -0.2) is 28.1 Å². The second kappa shape index (κ2) is 8.18. The molecular weight excluding hydrogens is 433 g/mol. The van der Waals surface area contributed by atoms with Crippen LogP contribution in [0.5, 0.6) is 5.75 Å². The molecule has 5 heteroatoms. The van der Waals surface area contributed by atoms with Gasteiger partial charge in [-0.1, -0.05) is 66.7 Å². The standard InChI is InChI=1S/C24H22OS4/c25-22-11-9-19(10-12-22)24(28-15-16-29-24)21-8-4-7-20(17-21)23(26-13-14-27-23)18-5-2-1-3-6-18/h1-12,17,25H,13-16H2. The minimum Gasteiger partial charge on any atom is -0.508 e.